The molecule has 0 radical (unpaired) electrons. The predicted molar refractivity (Wildman–Crippen MR) is 66.2 cm³/mol. The Hall–Kier alpha value is -0.930. The summed E-state index contributed by atoms with van der Waals surface area (Å²) >= 11 is 0. The Kier molecular flexibility index (Phi) is 2.89. The van der Waals surface area contributed by atoms with Crippen molar-refractivity contribution in [3.8, 4) is 0 Å². The summed E-state index contributed by atoms with van der Waals surface area (Å²) in [5, 5.41) is 0. The summed E-state index contributed by atoms with van der Waals surface area (Å²) in [5.74, 6) is -0.0338. The van der Waals surface area contributed by atoms with E-state index in [4.69, 9.17) is 5.73 Å². The highest BCUT2D eigenvalue weighted by Crippen LogP contribution is 2.40. The fourth-order valence-corrected chi connectivity index (χ4v) is 3.45. The van der Waals surface area contributed by atoms with Crippen LogP contribution in [0.5, 0.6) is 0 Å². The summed E-state index contributed by atoms with van der Waals surface area (Å²) in [6.07, 6.45) is 4.34. The first-order valence-electron chi connectivity index (χ1n) is 6.54. The molecule has 3 rings (SSSR count). The number of benzene rings is 1. The molecule has 1 aliphatic carbocycles. The molecule has 1 saturated heterocycles. The largest absolute Gasteiger partial charge is 0.329 e. The smallest absolute Gasteiger partial charge is 0.126 e. The molecule has 0 bridgehead atoms. The number of rotatable bonds is 2. The molecule has 0 spiro atoms. The zero-order valence-corrected chi connectivity index (χ0v) is 10.0. The molecular formula is C14H19FN2. The van der Waals surface area contributed by atoms with E-state index in [1.165, 1.54) is 18.4 Å². The SMILES string of the molecule is NCC1CCCN1C1CCc2c(F)cccc21. The van der Waals surface area contributed by atoms with Crippen LogP contribution in [-0.2, 0) is 6.42 Å². The van der Waals surface area contributed by atoms with Gasteiger partial charge in [-0.3, -0.25) is 4.90 Å². The second-order valence-electron chi connectivity index (χ2n) is 5.13. The minimum absolute atomic E-state index is 0.0338. The molecule has 0 saturated carbocycles. The predicted octanol–water partition coefficient (Wildman–Crippen LogP) is 2.24. The van der Waals surface area contributed by atoms with Gasteiger partial charge < -0.3 is 5.73 Å². The lowest BCUT2D eigenvalue weighted by Gasteiger charge is -2.30. The van der Waals surface area contributed by atoms with Gasteiger partial charge in [0.2, 0.25) is 0 Å². The zero-order chi connectivity index (χ0) is 11.8. The minimum atomic E-state index is -0.0338. The van der Waals surface area contributed by atoms with Gasteiger partial charge in [0.05, 0.1) is 0 Å². The van der Waals surface area contributed by atoms with Crippen LogP contribution in [0.2, 0.25) is 0 Å². The first-order valence-corrected chi connectivity index (χ1v) is 6.54. The maximum absolute atomic E-state index is 13.7. The van der Waals surface area contributed by atoms with Crippen LogP contribution in [0.25, 0.3) is 0 Å². The summed E-state index contributed by atoms with van der Waals surface area (Å²) in [5.41, 5.74) is 7.96. The van der Waals surface area contributed by atoms with E-state index in [0.29, 0.717) is 12.1 Å². The number of halogens is 1. The highest BCUT2D eigenvalue weighted by molar-refractivity contribution is 5.36. The number of hydrogen-bond donors (Lipinski definition) is 1. The number of nitrogens with two attached hydrogens (primary N) is 1. The van der Waals surface area contributed by atoms with E-state index in [-0.39, 0.29) is 5.82 Å². The third kappa shape index (κ3) is 1.78. The molecule has 0 aromatic heterocycles. The third-order valence-electron chi connectivity index (χ3n) is 4.28. The van der Waals surface area contributed by atoms with Crippen molar-refractivity contribution in [1.82, 2.24) is 4.90 Å². The number of hydrogen-bond acceptors (Lipinski definition) is 2. The molecule has 1 fully saturated rings. The highest BCUT2D eigenvalue weighted by atomic mass is 19.1. The Labute approximate surface area is 102 Å². The van der Waals surface area contributed by atoms with Gasteiger partial charge in [-0.05, 0) is 49.4 Å². The number of fused-ring (bicyclic) bond motifs is 1. The quantitative estimate of drug-likeness (QED) is 0.850. The van der Waals surface area contributed by atoms with Gasteiger partial charge in [0.25, 0.3) is 0 Å². The van der Waals surface area contributed by atoms with Crippen LogP contribution in [0.1, 0.15) is 36.4 Å². The second kappa shape index (κ2) is 4.39. The molecule has 17 heavy (non-hydrogen) atoms. The average Bonchev–Trinajstić information content (AvgIpc) is 2.94. The Bertz CT molecular complexity index is 419. The van der Waals surface area contributed by atoms with Crippen molar-refractivity contribution >= 4 is 0 Å². The third-order valence-corrected chi connectivity index (χ3v) is 4.28. The molecule has 2 nitrogen and oxygen atoms in total. The van der Waals surface area contributed by atoms with E-state index in [1.54, 1.807) is 6.07 Å². The number of likely N-dealkylation sites (tertiary alicyclic amines) is 1. The lowest BCUT2D eigenvalue weighted by atomic mass is 10.1. The van der Waals surface area contributed by atoms with E-state index in [1.807, 2.05) is 6.07 Å². The van der Waals surface area contributed by atoms with Crippen LogP contribution in [0.3, 0.4) is 0 Å². The van der Waals surface area contributed by atoms with Gasteiger partial charge in [-0.2, -0.15) is 0 Å². The van der Waals surface area contributed by atoms with Crippen LogP contribution >= 0.6 is 0 Å². The van der Waals surface area contributed by atoms with E-state index < -0.39 is 0 Å². The van der Waals surface area contributed by atoms with E-state index in [0.717, 1.165) is 31.5 Å². The maximum Gasteiger partial charge on any atom is 0.126 e. The van der Waals surface area contributed by atoms with Crippen molar-refractivity contribution in [2.75, 3.05) is 13.1 Å². The standard InChI is InChI=1S/C14H19FN2/c15-13-5-1-4-12-11(13)6-7-14(12)17-8-2-3-10(17)9-16/h1,4-5,10,14H,2-3,6-9,16H2. The summed E-state index contributed by atoms with van der Waals surface area (Å²) in [6, 6.07) is 6.39. The summed E-state index contributed by atoms with van der Waals surface area (Å²) in [7, 11) is 0. The van der Waals surface area contributed by atoms with Gasteiger partial charge in [-0.1, -0.05) is 12.1 Å². The Balaban J connectivity index is 1.90. The van der Waals surface area contributed by atoms with Crippen LogP contribution < -0.4 is 5.73 Å². The molecule has 2 N–H and O–H groups in total. The molecule has 1 aromatic carbocycles. The van der Waals surface area contributed by atoms with Gasteiger partial charge >= 0.3 is 0 Å². The molecule has 1 aromatic rings. The lowest BCUT2D eigenvalue weighted by Crippen LogP contribution is -2.37. The zero-order valence-electron chi connectivity index (χ0n) is 10.0. The Morgan fingerprint density at radius 1 is 1.35 bits per heavy atom. The van der Waals surface area contributed by atoms with E-state index in [2.05, 4.69) is 11.0 Å². The molecule has 3 heteroatoms. The molecule has 0 amide bonds. The van der Waals surface area contributed by atoms with Crippen LogP contribution in [0, 0.1) is 5.82 Å². The molecular weight excluding hydrogens is 215 g/mol. The van der Waals surface area contributed by atoms with Gasteiger partial charge in [0, 0.05) is 18.6 Å². The fraction of sp³-hybridized carbons (Fsp3) is 0.571. The summed E-state index contributed by atoms with van der Waals surface area (Å²) < 4.78 is 13.7. The summed E-state index contributed by atoms with van der Waals surface area (Å²) in [6.45, 7) is 1.84. The summed E-state index contributed by atoms with van der Waals surface area (Å²) in [4.78, 5) is 2.49. The highest BCUT2D eigenvalue weighted by Gasteiger charge is 2.35. The van der Waals surface area contributed by atoms with Crippen molar-refractivity contribution in [2.24, 2.45) is 5.73 Å². The fourth-order valence-electron chi connectivity index (χ4n) is 3.45. The van der Waals surface area contributed by atoms with E-state index in [9.17, 15) is 4.39 Å². The van der Waals surface area contributed by atoms with Crippen LogP contribution in [0.15, 0.2) is 18.2 Å². The van der Waals surface area contributed by atoms with Crippen molar-refractivity contribution in [3.63, 3.8) is 0 Å². The van der Waals surface area contributed by atoms with E-state index >= 15 is 0 Å². The van der Waals surface area contributed by atoms with Crippen molar-refractivity contribution in [2.45, 2.75) is 37.8 Å². The van der Waals surface area contributed by atoms with Gasteiger partial charge in [-0.25, -0.2) is 4.39 Å². The average molecular weight is 234 g/mol. The van der Waals surface area contributed by atoms with Crippen LogP contribution in [-0.4, -0.2) is 24.0 Å². The minimum Gasteiger partial charge on any atom is -0.329 e. The molecule has 2 unspecified atom stereocenters. The molecule has 1 heterocycles. The Morgan fingerprint density at radius 3 is 3.06 bits per heavy atom. The maximum atomic E-state index is 13.7. The van der Waals surface area contributed by atoms with Crippen molar-refractivity contribution < 1.29 is 4.39 Å². The second-order valence-corrected chi connectivity index (χ2v) is 5.13. The molecule has 2 aliphatic rings. The topological polar surface area (TPSA) is 29.3 Å². The Morgan fingerprint density at radius 2 is 2.24 bits per heavy atom. The normalized spacial score (nSPS) is 28.6. The van der Waals surface area contributed by atoms with Crippen molar-refractivity contribution in [1.29, 1.82) is 0 Å². The lowest BCUT2D eigenvalue weighted by molar-refractivity contribution is 0.183. The molecule has 1 aliphatic heterocycles. The number of nitrogens with zero attached hydrogens (tertiary/aromatic N) is 1. The molecule has 2 atom stereocenters. The first kappa shape index (κ1) is 11.2. The van der Waals surface area contributed by atoms with Gasteiger partial charge in [-0.15, -0.1) is 0 Å². The first-order chi connectivity index (χ1) is 8.31. The monoisotopic (exact) mass is 234 g/mol. The van der Waals surface area contributed by atoms with Gasteiger partial charge in [0.15, 0.2) is 0 Å². The van der Waals surface area contributed by atoms with Gasteiger partial charge in [0.1, 0.15) is 5.82 Å². The van der Waals surface area contributed by atoms with Crippen LogP contribution in [0.4, 0.5) is 4.39 Å². The van der Waals surface area contributed by atoms with Crippen molar-refractivity contribution in [3.05, 3.63) is 35.1 Å². The molecule has 92 valence electrons.